The SMILES string of the molecule is O=C1C[C@H](c2ccc(F)c(F)c2)c2ccccc21. The molecule has 0 unspecified atom stereocenters. The minimum Gasteiger partial charge on any atom is -0.294 e. The highest BCUT2D eigenvalue weighted by molar-refractivity contribution is 6.01. The van der Waals surface area contributed by atoms with Crippen LogP contribution in [0, 0.1) is 11.6 Å². The normalized spacial score (nSPS) is 17.9. The van der Waals surface area contributed by atoms with Gasteiger partial charge in [-0.1, -0.05) is 30.3 Å². The van der Waals surface area contributed by atoms with Crippen molar-refractivity contribution < 1.29 is 13.6 Å². The maximum atomic E-state index is 13.2. The zero-order valence-electron chi connectivity index (χ0n) is 9.49. The van der Waals surface area contributed by atoms with E-state index in [1.807, 2.05) is 18.2 Å². The van der Waals surface area contributed by atoms with Crippen molar-refractivity contribution in [3.8, 4) is 0 Å². The summed E-state index contributed by atoms with van der Waals surface area (Å²) in [7, 11) is 0. The number of ketones is 1. The van der Waals surface area contributed by atoms with Gasteiger partial charge in [0.1, 0.15) is 0 Å². The highest BCUT2D eigenvalue weighted by atomic mass is 19.2. The summed E-state index contributed by atoms with van der Waals surface area (Å²) < 4.78 is 26.2. The number of fused-ring (bicyclic) bond motifs is 1. The first-order valence-electron chi connectivity index (χ1n) is 5.74. The zero-order chi connectivity index (χ0) is 12.7. The van der Waals surface area contributed by atoms with Gasteiger partial charge in [0.05, 0.1) is 0 Å². The van der Waals surface area contributed by atoms with Crippen LogP contribution < -0.4 is 0 Å². The first kappa shape index (κ1) is 11.1. The lowest BCUT2D eigenvalue weighted by Crippen LogP contribution is -1.98. The van der Waals surface area contributed by atoms with Crippen molar-refractivity contribution in [3.05, 3.63) is 70.8 Å². The highest BCUT2D eigenvalue weighted by Gasteiger charge is 2.30. The minimum absolute atomic E-state index is 0.0559. The average molecular weight is 244 g/mol. The molecule has 1 nitrogen and oxygen atoms in total. The molecule has 0 aliphatic heterocycles. The molecule has 0 heterocycles. The number of carbonyl (C=O) groups excluding carboxylic acids is 1. The van der Waals surface area contributed by atoms with E-state index < -0.39 is 11.6 Å². The van der Waals surface area contributed by atoms with Crippen molar-refractivity contribution in [2.75, 3.05) is 0 Å². The van der Waals surface area contributed by atoms with Gasteiger partial charge in [-0.05, 0) is 23.3 Å². The Morgan fingerprint density at radius 2 is 1.78 bits per heavy atom. The van der Waals surface area contributed by atoms with Crippen LogP contribution >= 0.6 is 0 Å². The summed E-state index contributed by atoms with van der Waals surface area (Å²) in [4.78, 5) is 11.8. The Morgan fingerprint density at radius 3 is 2.56 bits per heavy atom. The van der Waals surface area contributed by atoms with Crippen LogP contribution in [0.25, 0.3) is 0 Å². The van der Waals surface area contributed by atoms with Crippen LogP contribution in [0.4, 0.5) is 8.78 Å². The van der Waals surface area contributed by atoms with E-state index in [2.05, 4.69) is 0 Å². The van der Waals surface area contributed by atoms with E-state index in [4.69, 9.17) is 0 Å². The lowest BCUT2D eigenvalue weighted by Gasteiger charge is -2.11. The van der Waals surface area contributed by atoms with Crippen molar-refractivity contribution in [1.29, 1.82) is 0 Å². The summed E-state index contributed by atoms with van der Waals surface area (Å²) in [5.74, 6) is -1.84. The standard InChI is InChI=1S/C15H10F2O/c16-13-6-5-9(7-14(13)17)12-8-15(18)11-4-2-1-3-10(11)12/h1-7,12H,8H2/t12-/m1/s1. The van der Waals surface area contributed by atoms with Crippen molar-refractivity contribution in [1.82, 2.24) is 0 Å². The summed E-state index contributed by atoms with van der Waals surface area (Å²) in [5, 5.41) is 0. The van der Waals surface area contributed by atoms with Gasteiger partial charge in [-0.2, -0.15) is 0 Å². The summed E-state index contributed by atoms with van der Waals surface area (Å²) in [6.45, 7) is 0. The molecule has 0 saturated heterocycles. The summed E-state index contributed by atoms with van der Waals surface area (Å²) in [6.07, 6.45) is 0.324. The van der Waals surface area contributed by atoms with E-state index in [0.29, 0.717) is 17.5 Å². The van der Waals surface area contributed by atoms with Gasteiger partial charge in [-0.3, -0.25) is 4.79 Å². The summed E-state index contributed by atoms with van der Waals surface area (Å²) in [5.41, 5.74) is 2.23. The number of benzene rings is 2. The van der Waals surface area contributed by atoms with E-state index in [1.165, 1.54) is 6.07 Å². The van der Waals surface area contributed by atoms with Gasteiger partial charge < -0.3 is 0 Å². The Balaban J connectivity index is 2.09. The molecule has 1 aliphatic rings. The van der Waals surface area contributed by atoms with E-state index in [-0.39, 0.29) is 11.7 Å². The molecule has 3 rings (SSSR count). The second-order valence-electron chi connectivity index (χ2n) is 4.44. The summed E-state index contributed by atoms with van der Waals surface area (Å²) in [6, 6.07) is 11.1. The quantitative estimate of drug-likeness (QED) is 0.747. The number of hydrogen-bond acceptors (Lipinski definition) is 1. The molecule has 0 amide bonds. The van der Waals surface area contributed by atoms with Crippen molar-refractivity contribution in [2.45, 2.75) is 12.3 Å². The van der Waals surface area contributed by atoms with E-state index in [1.54, 1.807) is 12.1 Å². The molecule has 0 bridgehead atoms. The zero-order valence-corrected chi connectivity index (χ0v) is 9.49. The Hall–Kier alpha value is -2.03. The molecule has 1 aliphatic carbocycles. The molecule has 90 valence electrons. The van der Waals surface area contributed by atoms with Crippen LogP contribution in [0.5, 0.6) is 0 Å². The molecule has 0 aromatic heterocycles. The van der Waals surface area contributed by atoms with E-state index in [0.717, 1.165) is 11.6 Å². The van der Waals surface area contributed by atoms with Crippen molar-refractivity contribution >= 4 is 5.78 Å². The summed E-state index contributed by atoms with van der Waals surface area (Å²) >= 11 is 0. The van der Waals surface area contributed by atoms with Crippen LogP contribution in [-0.4, -0.2) is 5.78 Å². The fourth-order valence-electron chi connectivity index (χ4n) is 2.49. The molecular weight excluding hydrogens is 234 g/mol. The Bertz CT molecular complexity index is 634. The lowest BCUT2D eigenvalue weighted by atomic mass is 9.93. The molecule has 0 spiro atoms. The topological polar surface area (TPSA) is 17.1 Å². The fraction of sp³-hybridized carbons (Fsp3) is 0.133. The predicted octanol–water partition coefficient (Wildman–Crippen LogP) is 3.68. The molecule has 1 atom stereocenters. The van der Waals surface area contributed by atoms with E-state index >= 15 is 0 Å². The monoisotopic (exact) mass is 244 g/mol. The fourth-order valence-corrected chi connectivity index (χ4v) is 2.49. The van der Waals surface area contributed by atoms with E-state index in [9.17, 15) is 13.6 Å². The number of carbonyl (C=O) groups is 1. The number of Topliss-reactive ketones (excluding diaryl/α,β-unsaturated/α-hetero) is 1. The van der Waals surface area contributed by atoms with Gasteiger partial charge >= 0.3 is 0 Å². The van der Waals surface area contributed by atoms with Crippen LogP contribution in [-0.2, 0) is 0 Å². The second kappa shape index (κ2) is 4.02. The number of rotatable bonds is 1. The molecule has 2 aromatic rings. The molecule has 3 heteroatoms. The van der Waals surface area contributed by atoms with Gasteiger partial charge in [-0.15, -0.1) is 0 Å². The maximum Gasteiger partial charge on any atom is 0.164 e. The number of halogens is 2. The Morgan fingerprint density at radius 1 is 1.00 bits per heavy atom. The predicted molar refractivity (Wildman–Crippen MR) is 63.6 cm³/mol. The lowest BCUT2D eigenvalue weighted by molar-refractivity contribution is 0.0991. The van der Waals surface area contributed by atoms with Crippen LogP contribution in [0.15, 0.2) is 42.5 Å². The van der Waals surface area contributed by atoms with Gasteiger partial charge in [0.15, 0.2) is 17.4 Å². The van der Waals surface area contributed by atoms with Crippen LogP contribution in [0.3, 0.4) is 0 Å². The first-order chi connectivity index (χ1) is 8.66. The molecule has 0 radical (unpaired) electrons. The third kappa shape index (κ3) is 1.63. The molecule has 0 saturated carbocycles. The van der Waals surface area contributed by atoms with Gasteiger partial charge in [0, 0.05) is 17.9 Å². The smallest absolute Gasteiger partial charge is 0.164 e. The third-order valence-electron chi connectivity index (χ3n) is 3.37. The molecular formula is C15H10F2O. The van der Waals surface area contributed by atoms with Crippen LogP contribution in [0.2, 0.25) is 0 Å². The Labute approximate surface area is 103 Å². The number of hydrogen-bond donors (Lipinski definition) is 0. The second-order valence-corrected chi connectivity index (χ2v) is 4.44. The van der Waals surface area contributed by atoms with Gasteiger partial charge in [0.2, 0.25) is 0 Å². The molecule has 2 aromatic carbocycles. The third-order valence-corrected chi connectivity index (χ3v) is 3.37. The first-order valence-corrected chi connectivity index (χ1v) is 5.74. The molecule has 18 heavy (non-hydrogen) atoms. The highest BCUT2D eigenvalue weighted by Crippen LogP contribution is 2.38. The Kier molecular flexibility index (Phi) is 2.47. The maximum absolute atomic E-state index is 13.2. The van der Waals surface area contributed by atoms with Crippen molar-refractivity contribution in [2.24, 2.45) is 0 Å². The average Bonchev–Trinajstić information content (AvgIpc) is 2.71. The van der Waals surface area contributed by atoms with Crippen molar-refractivity contribution in [3.63, 3.8) is 0 Å². The van der Waals surface area contributed by atoms with Crippen LogP contribution in [0.1, 0.15) is 33.8 Å². The molecule has 0 N–H and O–H groups in total. The molecule has 0 fully saturated rings. The minimum atomic E-state index is -0.871. The largest absolute Gasteiger partial charge is 0.294 e. The van der Waals surface area contributed by atoms with Gasteiger partial charge in [0.25, 0.3) is 0 Å². The van der Waals surface area contributed by atoms with Gasteiger partial charge in [-0.25, -0.2) is 8.78 Å².